The second-order valence-electron chi connectivity index (χ2n) is 5.64. The first-order valence-electron chi connectivity index (χ1n) is 7.72. The van der Waals surface area contributed by atoms with Crippen LogP contribution in [0.1, 0.15) is 19.4 Å². The summed E-state index contributed by atoms with van der Waals surface area (Å²) >= 11 is 4.71. The molecule has 0 amide bonds. The second kappa shape index (κ2) is 8.81. The van der Waals surface area contributed by atoms with Crippen LogP contribution in [0.4, 0.5) is 0 Å². The van der Waals surface area contributed by atoms with E-state index >= 15 is 0 Å². The number of hydrogen-bond donors (Lipinski definition) is 2. The number of nitrogens with one attached hydrogen (secondary N) is 1. The lowest BCUT2D eigenvalue weighted by molar-refractivity contribution is -0.0699. The Morgan fingerprint density at radius 2 is 2.13 bits per heavy atom. The van der Waals surface area contributed by atoms with Crippen molar-refractivity contribution in [1.82, 2.24) is 10.3 Å². The molecule has 0 aliphatic carbocycles. The molecular weight excluding hydrogens is 312 g/mol. The van der Waals surface area contributed by atoms with Crippen LogP contribution in [0.5, 0.6) is 5.75 Å². The van der Waals surface area contributed by atoms with Crippen molar-refractivity contribution in [2.75, 3.05) is 26.2 Å². The fourth-order valence-electron chi connectivity index (χ4n) is 2.64. The fraction of sp³-hybridized carbons (Fsp3) is 0.500. The molecule has 0 aromatic heterocycles. The number of benzene rings is 1. The van der Waals surface area contributed by atoms with Gasteiger partial charge in [-0.1, -0.05) is 12.1 Å². The van der Waals surface area contributed by atoms with E-state index in [4.69, 9.17) is 27.4 Å². The summed E-state index contributed by atoms with van der Waals surface area (Å²) < 4.78 is 11.6. The van der Waals surface area contributed by atoms with Crippen molar-refractivity contribution in [3.8, 4) is 5.75 Å². The number of nitrogens with zero attached hydrogens (tertiary/aromatic N) is 2. The van der Waals surface area contributed by atoms with E-state index in [0.717, 1.165) is 30.9 Å². The normalized spacial score (nSPS) is 22.2. The van der Waals surface area contributed by atoms with E-state index in [9.17, 15) is 0 Å². The zero-order chi connectivity index (χ0) is 16.7. The summed E-state index contributed by atoms with van der Waals surface area (Å²) in [5, 5.41) is 4.11. The standard InChI is InChI=1S/C16H24N4O2S/c1-12-10-20(11-13(2)22-12)7-8-21-15-6-4-3-5-14(15)9-18-19-16(17)23/h3-6,9,12-13H,7-8,10-11H2,1-2H3,(H3,17,19,23). The molecule has 2 unspecified atom stereocenters. The third-order valence-electron chi connectivity index (χ3n) is 3.46. The number of nitrogens with two attached hydrogens (primary N) is 1. The van der Waals surface area contributed by atoms with Gasteiger partial charge in [0.05, 0.1) is 18.4 Å². The summed E-state index contributed by atoms with van der Waals surface area (Å²) in [6.45, 7) is 7.57. The van der Waals surface area contributed by atoms with Crippen molar-refractivity contribution >= 4 is 23.5 Å². The molecule has 2 rings (SSSR count). The second-order valence-corrected chi connectivity index (χ2v) is 6.08. The quantitative estimate of drug-likeness (QED) is 0.464. The van der Waals surface area contributed by atoms with Crippen LogP contribution in [0.25, 0.3) is 0 Å². The summed E-state index contributed by atoms with van der Waals surface area (Å²) in [5.74, 6) is 0.787. The Labute approximate surface area is 142 Å². The molecule has 1 aromatic rings. The van der Waals surface area contributed by atoms with E-state index in [2.05, 4.69) is 29.3 Å². The van der Waals surface area contributed by atoms with E-state index in [-0.39, 0.29) is 17.3 Å². The first-order chi connectivity index (χ1) is 11.0. The maximum atomic E-state index is 5.90. The molecule has 1 aliphatic heterocycles. The number of para-hydroxylation sites is 1. The van der Waals surface area contributed by atoms with Gasteiger partial charge in [-0.05, 0) is 38.2 Å². The largest absolute Gasteiger partial charge is 0.492 e. The predicted molar refractivity (Wildman–Crippen MR) is 95.9 cm³/mol. The van der Waals surface area contributed by atoms with Crippen LogP contribution < -0.4 is 15.9 Å². The molecule has 1 fully saturated rings. The number of hydrogen-bond acceptors (Lipinski definition) is 5. The van der Waals surface area contributed by atoms with E-state index in [1.54, 1.807) is 6.21 Å². The van der Waals surface area contributed by atoms with Gasteiger partial charge in [0, 0.05) is 25.2 Å². The number of rotatable bonds is 6. The van der Waals surface area contributed by atoms with E-state index in [0.29, 0.717) is 6.61 Å². The highest BCUT2D eigenvalue weighted by atomic mass is 32.1. The first-order valence-corrected chi connectivity index (χ1v) is 8.13. The van der Waals surface area contributed by atoms with E-state index < -0.39 is 0 Å². The number of ether oxygens (including phenoxy) is 2. The Morgan fingerprint density at radius 3 is 2.83 bits per heavy atom. The van der Waals surface area contributed by atoms with Gasteiger partial charge >= 0.3 is 0 Å². The summed E-state index contributed by atoms with van der Waals surface area (Å²) in [6.07, 6.45) is 2.18. The molecule has 1 saturated heterocycles. The maximum Gasteiger partial charge on any atom is 0.184 e. The molecular formula is C16H24N4O2S. The minimum Gasteiger partial charge on any atom is -0.492 e. The molecule has 3 N–H and O–H groups in total. The van der Waals surface area contributed by atoms with Crippen LogP contribution in [-0.4, -0.2) is 54.7 Å². The Bertz CT molecular complexity index is 543. The van der Waals surface area contributed by atoms with Gasteiger partial charge in [0.1, 0.15) is 12.4 Å². The summed E-state index contributed by atoms with van der Waals surface area (Å²) in [5.41, 5.74) is 8.75. The SMILES string of the molecule is CC1CN(CCOc2ccccc2C=NNC(N)=S)CC(C)O1. The molecule has 0 spiro atoms. The molecule has 0 radical (unpaired) electrons. The third-order valence-corrected chi connectivity index (χ3v) is 3.55. The van der Waals surface area contributed by atoms with Gasteiger partial charge in [-0.15, -0.1) is 0 Å². The molecule has 1 heterocycles. The molecule has 6 nitrogen and oxygen atoms in total. The van der Waals surface area contributed by atoms with Gasteiger partial charge in [-0.3, -0.25) is 10.3 Å². The highest BCUT2D eigenvalue weighted by Gasteiger charge is 2.21. The molecule has 2 atom stereocenters. The van der Waals surface area contributed by atoms with Gasteiger partial charge in [-0.2, -0.15) is 5.10 Å². The number of thiocarbonyl (C=S) groups is 1. The average molecular weight is 336 g/mol. The zero-order valence-electron chi connectivity index (χ0n) is 13.6. The van der Waals surface area contributed by atoms with Gasteiger partial charge < -0.3 is 15.2 Å². The predicted octanol–water partition coefficient (Wildman–Crippen LogP) is 1.34. The Kier molecular flexibility index (Phi) is 6.76. The first kappa shape index (κ1) is 17.7. The van der Waals surface area contributed by atoms with Gasteiger partial charge in [0.15, 0.2) is 5.11 Å². The van der Waals surface area contributed by atoms with Crippen molar-refractivity contribution in [3.05, 3.63) is 29.8 Å². The van der Waals surface area contributed by atoms with Gasteiger partial charge in [0.2, 0.25) is 0 Å². The molecule has 0 bridgehead atoms. The van der Waals surface area contributed by atoms with Crippen LogP contribution in [0, 0.1) is 0 Å². The minimum atomic E-state index is 0.134. The van der Waals surface area contributed by atoms with Gasteiger partial charge in [0.25, 0.3) is 0 Å². The van der Waals surface area contributed by atoms with Crippen molar-refractivity contribution in [3.63, 3.8) is 0 Å². The lowest BCUT2D eigenvalue weighted by atomic mass is 10.2. The summed E-state index contributed by atoms with van der Waals surface area (Å²) in [6, 6.07) is 7.72. The third kappa shape index (κ3) is 6.13. The Balaban J connectivity index is 1.85. The smallest absolute Gasteiger partial charge is 0.184 e. The molecule has 1 aliphatic rings. The van der Waals surface area contributed by atoms with E-state index in [1.807, 2.05) is 24.3 Å². The van der Waals surface area contributed by atoms with Crippen LogP contribution in [0.15, 0.2) is 29.4 Å². The van der Waals surface area contributed by atoms with Crippen LogP contribution >= 0.6 is 12.2 Å². The molecule has 7 heteroatoms. The van der Waals surface area contributed by atoms with Crippen molar-refractivity contribution < 1.29 is 9.47 Å². The van der Waals surface area contributed by atoms with Crippen LogP contribution in [-0.2, 0) is 4.74 Å². The lowest BCUT2D eigenvalue weighted by Gasteiger charge is -2.35. The van der Waals surface area contributed by atoms with Gasteiger partial charge in [-0.25, -0.2) is 0 Å². The highest BCUT2D eigenvalue weighted by molar-refractivity contribution is 7.80. The Morgan fingerprint density at radius 1 is 1.43 bits per heavy atom. The molecule has 1 aromatic carbocycles. The number of morpholine rings is 1. The average Bonchev–Trinajstić information content (AvgIpc) is 2.47. The summed E-state index contributed by atoms with van der Waals surface area (Å²) in [7, 11) is 0. The van der Waals surface area contributed by atoms with Crippen molar-refractivity contribution in [2.45, 2.75) is 26.1 Å². The zero-order valence-corrected chi connectivity index (χ0v) is 14.4. The molecule has 23 heavy (non-hydrogen) atoms. The fourth-order valence-corrected chi connectivity index (χ4v) is 2.69. The van der Waals surface area contributed by atoms with Crippen LogP contribution in [0.3, 0.4) is 0 Å². The lowest BCUT2D eigenvalue weighted by Crippen LogP contribution is -2.46. The van der Waals surface area contributed by atoms with Crippen molar-refractivity contribution in [2.24, 2.45) is 10.8 Å². The monoisotopic (exact) mass is 336 g/mol. The summed E-state index contributed by atoms with van der Waals surface area (Å²) in [4.78, 5) is 2.37. The Hall–Kier alpha value is -1.70. The number of hydrazone groups is 1. The minimum absolute atomic E-state index is 0.134. The van der Waals surface area contributed by atoms with Crippen LogP contribution in [0.2, 0.25) is 0 Å². The van der Waals surface area contributed by atoms with Crippen molar-refractivity contribution in [1.29, 1.82) is 0 Å². The topological polar surface area (TPSA) is 72.1 Å². The highest BCUT2D eigenvalue weighted by Crippen LogP contribution is 2.16. The maximum absolute atomic E-state index is 5.90. The molecule has 0 saturated carbocycles. The van der Waals surface area contributed by atoms with E-state index in [1.165, 1.54) is 0 Å². The molecule has 126 valence electrons.